The number of rotatable bonds is 1. The number of phenols is 1. The molecule has 2 aromatic carbocycles. The van der Waals surface area contributed by atoms with Crippen LogP contribution in [0.3, 0.4) is 0 Å². The third-order valence-electron chi connectivity index (χ3n) is 5.56. The van der Waals surface area contributed by atoms with Crippen LogP contribution >= 0.6 is 0 Å². The molecule has 2 aliphatic rings. The first-order valence-electron chi connectivity index (χ1n) is 9.25. The van der Waals surface area contributed by atoms with Crippen molar-refractivity contribution in [3.8, 4) is 5.75 Å². The minimum Gasteiger partial charge on any atom is -0.508 e. The first kappa shape index (κ1) is 16.5. The zero-order valence-electron chi connectivity index (χ0n) is 15.3. The van der Waals surface area contributed by atoms with E-state index in [1.54, 1.807) is 6.07 Å². The molecule has 2 aliphatic heterocycles. The Balaban J connectivity index is 1.78. The monoisotopic (exact) mass is 337 g/mol. The molecule has 2 aromatic rings. The largest absolute Gasteiger partial charge is 0.508 e. The van der Waals surface area contributed by atoms with E-state index in [4.69, 9.17) is 4.74 Å². The Morgan fingerprint density at radius 3 is 2.72 bits per heavy atom. The maximum Gasteiger partial charge on any atom is 0.115 e. The highest BCUT2D eigenvalue weighted by Crippen LogP contribution is 2.50. The van der Waals surface area contributed by atoms with Crippen LogP contribution in [0.5, 0.6) is 5.75 Å². The molecule has 0 aromatic heterocycles. The van der Waals surface area contributed by atoms with Crippen LogP contribution in [0.25, 0.3) is 0 Å². The quantitative estimate of drug-likeness (QED) is 0.739. The van der Waals surface area contributed by atoms with Gasteiger partial charge >= 0.3 is 0 Å². The van der Waals surface area contributed by atoms with Gasteiger partial charge in [-0.25, -0.2) is 0 Å². The maximum absolute atomic E-state index is 9.90. The van der Waals surface area contributed by atoms with E-state index in [0.29, 0.717) is 11.7 Å². The molecule has 2 unspecified atom stereocenters. The molecule has 1 saturated heterocycles. The second-order valence-electron chi connectivity index (χ2n) is 8.37. The van der Waals surface area contributed by atoms with Gasteiger partial charge in [-0.15, -0.1) is 0 Å². The van der Waals surface area contributed by atoms with Crippen molar-refractivity contribution in [1.82, 2.24) is 0 Å². The lowest BCUT2D eigenvalue weighted by Gasteiger charge is -2.44. The van der Waals surface area contributed by atoms with Crippen LogP contribution < -0.4 is 5.32 Å². The first-order chi connectivity index (χ1) is 11.9. The summed E-state index contributed by atoms with van der Waals surface area (Å²) in [4.78, 5) is 0. The van der Waals surface area contributed by atoms with Crippen molar-refractivity contribution in [2.45, 2.75) is 51.2 Å². The number of hydrogen-bond donors (Lipinski definition) is 2. The van der Waals surface area contributed by atoms with Crippen molar-refractivity contribution in [1.29, 1.82) is 0 Å². The second kappa shape index (κ2) is 6.06. The van der Waals surface area contributed by atoms with Crippen molar-refractivity contribution >= 4 is 5.69 Å². The van der Waals surface area contributed by atoms with Gasteiger partial charge in [0.1, 0.15) is 5.75 Å². The van der Waals surface area contributed by atoms with E-state index in [0.717, 1.165) is 30.7 Å². The smallest absolute Gasteiger partial charge is 0.115 e. The second-order valence-corrected chi connectivity index (χ2v) is 8.37. The van der Waals surface area contributed by atoms with Crippen LogP contribution in [0.15, 0.2) is 42.5 Å². The standard InChI is InChI=1S/C22H27NO2/c1-22(2,3)15-9-10-19-18(13-15)21-17(8-5-11-25-21)20(23-19)14-6-4-7-16(24)12-14/h4,6-7,9-10,12-13,17,20-21,23-24H,5,8,11H2,1-3H3/t17?,20-,21?/m0/s1. The highest BCUT2D eigenvalue weighted by molar-refractivity contribution is 5.59. The molecule has 2 heterocycles. The highest BCUT2D eigenvalue weighted by atomic mass is 16.5. The number of hydrogen-bond acceptors (Lipinski definition) is 3. The van der Waals surface area contributed by atoms with E-state index < -0.39 is 0 Å². The van der Waals surface area contributed by atoms with E-state index >= 15 is 0 Å². The van der Waals surface area contributed by atoms with Gasteiger partial charge in [0, 0.05) is 23.8 Å². The number of aromatic hydroxyl groups is 1. The average Bonchev–Trinajstić information content (AvgIpc) is 2.60. The molecule has 3 atom stereocenters. The molecule has 0 saturated carbocycles. The molecule has 25 heavy (non-hydrogen) atoms. The Labute approximate surface area is 150 Å². The molecule has 4 rings (SSSR count). The van der Waals surface area contributed by atoms with Crippen molar-refractivity contribution in [3.63, 3.8) is 0 Å². The SMILES string of the molecule is CC(C)(C)c1ccc2c(c1)C1OCCCC1[C@H](c1cccc(O)c1)N2. The molecular formula is C22H27NO2. The predicted molar refractivity (Wildman–Crippen MR) is 101 cm³/mol. The van der Waals surface area contributed by atoms with E-state index in [9.17, 15) is 5.11 Å². The molecular weight excluding hydrogens is 310 g/mol. The Bertz CT molecular complexity index is 778. The van der Waals surface area contributed by atoms with E-state index in [1.807, 2.05) is 12.1 Å². The lowest BCUT2D eigenvalue weighted by atomic mass is 9.76. The molecule has 3 nitrogen and oxygen atoms in total. The van der Waals surface area contributed by atoms with E-state index in [1.165, 1.54) is 11.1 Å². The number of phenolic OH excluding ortho intramolecular Hbond substituents is 1. The minimum absolute atomic E-state index is 0.125. The molecule has 3 heteroatoms. The summed E-state index contributed by atoms with van der Waals surface area (Å²) in [6, 6.07) is 14.5. The van der Waals surface area contributed by atoms with Gasteiger partial charge in [0.2, 0.25) is 0 Å². The summed E-state index contributed by atoms with van der Waals surface area (Å²) in [6.07, 6.45) is 2.35. The van der Waals surface area contributed by atoms with Crippen molar-refractivity contribution < 1.29 is 9.84 Å². The third-order valence-corrected chi connectivity index (χ3v) is 5.56. The highest BCUT2D eigenvalue weighted by Gasteiger charge is 2.40. The Morgan fingerprint density at radius 1 is 1.12 bits per heavy atom. The van der Waals surface area contributed by atoms with Gasteiger partial charge in [0.15, 0.2) is 0 Å². The molecule has 0 amide bonds. The molecule has 2 N–H and O–H groups in total. The van der Waals surface area contributed by atoms with Crippen LogP contribution in [-0.4, -0.2) is 11.7 Å². The summed E-state index contributed by atoms with van der Waals surface area (Å²) < 4.78 is 6.26. The van der Waals surface area contributed by atoms with Crippen molar-refractivity contribution in [3.05, 3.63) is 59.2 Å². The summed E-state index contributed by atoms with van der Waals surface area (Å²) in [5, 5.41) is 13.6. The Hall–Kier alpha value is -2.00. The van der Waals surface area contributed by atoms with Gasteiger partial charge in [-0.3, -0.25) is 0 Å². The van der Waals surface area contributed by atoms with Crippen LogP contribution in [0, 0.1) is 5.92 Å². The fraction of sp³-hybridized carbons (Fsp3) is 0.455. The molecule has 0 bridgehead atoms. The van der Waals surface area contributed by atoms with E-state index in [-0.39, 0.29) is 17.6 Å². The van der Waals surface area contributed by atoms with Crippen molar-refractivity contribution in [2.75, 3.05) is 11.9 Å². The van der Waals surface area contributed by atoms with Gasteiger partial charge in [-0.2, -0.15) is 0 Å². The maximum atomic E-state index is 9.90. The van der Waals surface area contributed by atoms with Gasteiger partial charge in [-0.05, 0) is 47.6 Å². The summed E-state index contributed by atoms with van der Waals surface area (Å²) in [5.41, 5.74) is 5.04. The molecule has 0 radical (unpaired) electrons. The number of fused-ring (bicyclic) bond motifs is 3. The van der Waals surface area contributed by atoms with Gasteiger partial charge in [0.25, 0.3) is 0 Å². The number of nitrogens with one attached hydrogen (secondary N) is 1. The van der Waals surface area contributed by atoms with E-state index in [2.05, 4.69) is 50.4 Å². The summed E-state index contributed by atoms with van der Waals surface area (Å²) in [7, 11) is 0. The lowest BCUT2D eigenvalue weighted by molar-refractivity contribution is -0.0382. The van der Waals surface area contributed by atoms with Gasteiger partial charge < -0.3 is 15.2 Å². The summed E-state index contributed by atoms with van der Waals surface area (Å²) >= 11 is 0. The zero-order chi connectivity index (χ0) is 17.6. The molecule has 0 aliphatic carbocycles. The number of benzene rings is 2. The molecule has 0 spiro atoms. The molecule has 132 valence electrons. The van der Waals surface area contributed by atoms with Crippen LogP contribution in [0.4, 0.5) is 5.69 Å². The lowest BCUT2D eigenvalue weighted by Crippen LogP contribution is -2.36. The Kier molecular flexibility index (Phi) is 3.99. The summed E-state index contributed by atoms with van der Waals surface area (Å²) in [6.45, 7) is 7.58. The van der Waals surface area contributed by atoms with Gasteiger partial charge in [-0.1, -0.05) is 45.0 Å². The normalized spacial score (nSPS) is 25.6. The topological polar surface area (TPSA) is 41.5 Å². The average molecular weight is 337 g/mol. The number of anilines is 1. The Morgan fingerprint density at radius 2 is 1.96 bits per heavy atom. The van der Waals surface area contributed by atoms with Crippen molar-refractivity contribution in [2.24, 2.45) is 5.92 Å². The third kappa shape index (κ3) is 3.02. The van der Waals surface area contributed by atoms with Crippen LogP contribution in [0.1, 0.15) is 62.4 Å². The fourth-order valence-electron chi connectivity index (χ4n) is 4.19. The predicted octanol–water partition coefficient (Wildman–Crippen LogP) is 5.32. The fourth-order valence-corrected chi connectivity index (χ4v) is 4.19. The zero-order valence-corrected chi connectivity index (χ0v) is 15.3. The van der Waals surface area contributed by atoms with Gasteiger partial charge in [0.05, 0.1) is 12.1 Å². The minimum atomic E-state index is 0.125. The molecule has 1 fully saturated rings. The number of ether oxygens (including phenoxy) is 1. The summed E-state index contributed by atoms with van der Waals surface area (Å²) in [5.74, 6) is 0.708. The van der Waals surface area contributed by atoms with Crippen LogP contribution in [-0.2, 0) is 10.2 Å². The van der Waals surface area contributed by atoms with Crippen LogP contribution in [0.2, 0.25) is 0 Å². The first-order valence-corrected chi connectivity index (χ1v) is 9.25.